The molecule has 0 fully saturated rings. The van der Waals surface area contributed by atoms with Gasteiger partial charge < -0.3 is 10.4 Å². The van der Waals surface area contributed by atoms with Gasteiger partial charge in [-0.2, -0.15) is 0 Å². The summed E-state index contributed by atoms with van der Waals surface area (Å²) in [6, 6.07) is 18.0. The standard InChI is InChI=1S/C21H18FNO3/c22-17-9-3-5-14(11-17)12-20(24)23-19(21(25)26)13-16-8-4-7-15-6-1-2-10-18(15)16/h1-11,19H,12-13H2,(H,23,24)(H,25,26)/t19-/m1/s1. The average molecular weight is 351 g/mol. The Bertz CT molecular complexity index is 949. The fourth-order valence-corrected chi connectivity index (χ4v) is 2.97. The van der Waals surface area contributed by atoms with Crippen molar-refractivity contribution in [3.63, 3.8) is 0 Å². The van der Waals surface area contributed by atoms with Crippen LogP contribution in [0.25, 0.3) is 10.8 Å². The summed E-state index contributed by atoms with van der Waals surface area (Å²) in [6.45, 7) is 0. The van der Waals surface area contributed by atoms with Gasteiger partial charge in [0, 0.05) is 6.42 Å². The second kappa shape index (κ2) is 7.78. The van der Waals surface area contributed by atoms with Crippen LogP contribution in [0.1, 0.15) is 11.1 Å². The molecule has 0 unspecified atom stereocenters. The second-order valence-electron chi connectivity index (χ2n) is 6.11. The molecule has 0 bridgehead atoms. The topological polar surface area (TPSA) is 66.4 Å². The minimum absolute atomic E-state index is 0.0723. The van der Waals surface area contributed by atoms with Gasteiger partial charge in [-0.15, -0.1) is 0 Å². The van der Waals surface area contributed by atoms with Gasteiger partial charge in [0.1, 0.15) is 11.9 Å². The molecule has 3 aromatic rings. The average Bonchev–Trinajstić information content (AvgIpc) is 2.61. The molecule has 0 saturated heterocycles. The van der Waals surface area contributed by atoms with Crippen LogP contribution < -0.4 is 5.32 Å². The molecule has 4 nitrogen and oxygen atoms in total. The molecule has 132 valence electrons. The first-order chi connectivity index (χ1) is 12.5. The number of fused-ring (bicyclic) bond motifs is 1. The Hall–Kier alpha value is -3.21. The molecule has 0 aliphatic heterocycles. The Labute approximate surface area is 150 Å². The van der Waals surface area contributed by atoms with Crippen molar-refractivity contribution < 1.29 is 19.1 Å². The van der Waals surface area contributed by atoms with Crippen molar-refractivity contribution in [2.24, 2.45) is 0 Å². The minimum Gasteiger partial charge on any atom is -0.480 e. The van der Waals surface area contributed by atoms with Crippen LogP contribution in [0.3, 0.4) is 0 Å². The molecule has 0 aromatic heterocycles. The minimum atomic E-state index is -1.11. The van der Waals surface area contributed by atoms with Crippen molar-refractivity contribution in [2.45, 2.75) is 18.9 Å². The van der Waals surface area contributed by atoms with Crippen LogP contribution in [0, 0.1) is 5.82 Å². The highest BCUT2D eigenvalue weighted by molar-refractivity contribution is 5.88. The molecular weight excluding hydrogens is 333 g/mol. The third-order valence-corrected chi connectivity index (χ3v) is 4.19. The Morgan fingerprint density at radius 2 is 1.73 bits per heavy atom. The van der Waals surface area contributed by atoms with Gasteiger partial charge in [-0.25, -0.2) is 9.18 Å². The molecule has 0 spiro atoms. The van der Waals surface area contributed by atoms with Gasteiger partial charge in [0.15, 0.2) is 0 Å². The summed E-state index contributed by atoms with van der Waals surface area (Å²) in [5, 5.41) is 14.0. The van der Waals surface area contributed by atoms with Gasteiger partial charge in [0.2, 0.25) is 5.91 Å². The van der Waals surface area contributed by atoms with Crippen LogP contribution in [0.2, 0.25) is 0 Å². The number of aliphatic carboxylic acids is 1. The Balaban J connectivity index is 1.75. The smallest absolute Gasteiger partial charge is 0.326 e. The second-order valence-corrected chi connectivity index (χ2v) is 6.11. The van der Waals surface area contributed by atoms with Crippen molar-refractivity contribution >= 4 is 22.6 Å². The lowest BCUT2D eigenvalue weighted by Crippen LogP contribution is -2.43. The highest BCUT2D eigenvalue weighted by Crippen LogP contribution is 2.20. The van der Waals surface area contributed by atoms with Crippen molar-refractivity contribution in [1.82, 2.24) is 5.32 Å². The number of rotatable bonds is 6. The van der Waals surface area contributed by atoms with E-state index in [1.165, 1.54) is 18.2 Å². The van der Waals surface area contributed by atoms with E-state index >= 15 is 0 Å². The highest BCUT2D eigenvalue weighted by atomic mass is 19.1. The molecule has 2 N–H and O–H groups in total. The first kappa shape index (κ1) is 17.6. The maximum absolute atomic E-state index is 13.2. The largest absolute Gasteiger partial charge is 0.480 e. The molecule has 0 aliphatic rings. The molecule has 26 heavy (non-hydrogen) atoms. The molecular formula is C21H18FNO3. The molecule has 1 atom stereocenters. The van der Waals surface area contributed by atoms with Crippen LogP contribution in [-0.4, -0.2) is 23.0 Å². The zero-order valence-electron chi connectivity index (χ0n) is 14.0. The van der Waals surface area contributed by atoms with Gasteiger partial charge in [-0.3, -0.25) is 4.79 Å². The zero-order chi connectivity index (χ0) is 18.5. The molecule has 5 heteroatoms. The third kappa shape index (κ3) is 4.25. The molecule has 0 aliphatic carbocycles. The first-order valence-electron chi connectivity index (χ1n) is 8.26. The van der Waals surface area contributed by atoms with Crippen molar-refractivity contribution in [2.75, 3.05) is 0 Å². The number of carboxylic acid groups (broad SMARTS) is 1. The van der Waals surface area contributed by atoms with Gasteiger partial charge in [0.05, 0.1) is 6.42 Å². The summed E-state index contributed by atoms with van der Waals surface area (Å²) in [7, 11) is 0. The van der Waals surface area contributed by atoms with E-state index in [4.69, 9.17) is 0 Å². The van der Waals surface area contributed by atoms with Crippen molar-refractivity contribution in [1.29, 1.82) is 0 Å². The Morgan fingerprint density at radius 3 is 2.50 bits per heavy atom. The number of halogens is 1. The molecule has 1 amide bonds. The summed E-state index contributed by atoms with van der Waals surface area (Å²) >= 11 is 0. The monoisotopic (exact) mass is 351 g/mol. The SMILES string of the molecule is O=C(Cc1cccc(F)c1)N[C@H](Cc1cccc2ccccc12)C(=O)O. The maximum atomic E-state index is 13.2. The van der Waals surface area contributed by atoms with E-state index in [2.05, 4.69) is 5.32 Å². The van der Waals surface area contributed by atoms with E-state index in [-0.39, 0.29) is 12.8 Å². The summed E-state index contributed by atoms with van der Waals surface area (Å²) in [6.07, 6.45) is 0.0999. The van der Waals surface area contributed by atoms with E-state index < -0.39 is 23.7 Å². The Kier molecular flexibility index (Phi) is 5.27. The van der Waals surface area contributed by atoms with Crippen molar-refractivity contribution in [3.8, 4) is 0 Å². The number of carbonyl (C=O) groups excluding carboxylic acids is 1. The predicted octanol–water partition coefficient (Wildman–Crippen LogP) is 3.33. The number of carbonyl (C=O) groups is 2. The summed E-state index contributed by atoms with van der Waals surface area (Å²) in [4.78, 5) is 23.8. The van der Waals surface area contributed by atoms with Gasteiger partial charge in [-0.05, 0) is 34.0 Å². The number of nitrogens with one attached hydrogen (secondary N) is 1. The van der Waals surface area contributed by atoms with Crippen LogP contribution in [0.5, 0.6) is 0 Å². The molecule has 0 heterocycles. The van der Waals surface area contributed by atoms with E-state index in [1.54, 1.807) is 6.07 Å². The summed E-state index contributed by atoms with van der Waals surface area (Å²) in [5.74, 6) is -1.99. The number of hydrogen-bond donors (Lipinski definition) is 2. The van der Waals surface area contributed by atoms with Crippen LogP contribution >= 0.6 is 0 Å². The predicted molar refractivity (Wildman–Crippen MR) is 97.3 cm³/mol. The molecule has 0 saturated carbocycles. The number of amides is 1. The zero-order valence-corrected chi connectivity index (χ0v) is 14.0. The van der Waals surface area contributed by atoms with Crippen LogP contribution in [0.15, 0.2) is 66.7 Å². The lowest BCUT2D eigenvalue weighted by Gasteiger charge is -2.16. The molecule has 0 radical (unpaired) electrons. The molecule has 3 rings (SSSR count). The van der Waals surface area contributed by atoms with Crippen molar-refractivity contribution in [3.05, 3.63) is 83.7 Å². The van der Waals surface area contributed by atoms with Gasteiger partial charge in [-0.1, -0.05) is 54.6 Å². The maximum Gasteiger partial charge on any atom is 0.326 e. The quantitative estimate of drug-likeness (QED) is 0.716. The normalized spacial score (nSPS) is 11.9. The van der Waals surface area contributed by atoms with Gasteiger partial charge >= 0.3 is 5.97 Å². The van der Waals surface area contributed by atoms with E-state index in [0.29, 0.717) is 5.56 Å². The summed E-state index contributed by atoms with van der Waals surface area (Å²) < 4.78 is 13.2. The first-order valence-corrected chi connectivity index (χ1v) is 8.26. The van der Waals surface area contributed by atoms with Gasteiger partial charge in [0.25, 0.3) is 0 Å². The van der Waals surface area contributed by atoms with E-state index in [1.807, 2.05) is 42.5 Å². The van der Waals surface area contributed by atoms with Crippen LogP contribution in [-0.2, 0) is 22.4 Å². The number of benzene rings is 3. The van der Waals surface area contributed by atoms with Crippen LogP contribution in [0.4, 0.5) is 4.39 Å². The van der Waals surface area contributed by atoms with E-state index in [9.17, 15) is 19.1 Å². The van der Waals surface area contributed by atoms with E-state index in [0.717, 1.165) is 16.3 Å². The third-order valence-electron chi connectivity index (χ3n) is 4.19. The Morgan fingerprint density at radius 1 is 1.00 bits per heavy atom. The fourth-order valence-electron chi connectivity index (χ4n) is 2.97. The summed E-state index contributed by atoms with van der Waals surface area (Å²) in [5.41, 5.74) is 1.35. The lowest BCUT2D eigenvalue weighted by molar-refractivity contribution is -0.141. The fraction of sp³-hybridized carbons (Fsp3) is 0.143. The molecule has 3 aromatic carbocycles. The number of hydrogen-bond acceptors (Lipinski definition) is 2. The highest BCUT2D eigenvalue weighted by Gasteiger charge is 2.21. The lowest BCUT2D eigenvalue weighted by atomic mass is 9.98. The number of carboxylic acids is 1.